The fourth-order valence-electron chi connectivity index (χ4n) is 2.76. The summed E-state index contributed by atoms with van der Waals surface area (Å²) in [5.41, 5.74) is 0.905. The molecule has 0 unspecified atom stereocenters. The van der Waals surface area contributed by atoms with Crippen LogP contribution in [0, 0.1) is 11.6 Å². The van der Waals surface area contributed by atoms with Crippen molar-refractivity contribution in [3.8, 4) is 0 Å². The molecule has 0 aliphatic carbocycles. The molecule has 156 valence electrons. The highest BCUT2D eigenvalue weighted by molar-refractivity contribution is 6.31. The van der Waals surface area contributed by atoms with Crippen LogP contribution >= 0.6 is 23.2 Å². The van der Waals surface area contributed by atoms with Gasteiger partial charge in [-0.15, -0.1) is 0 Å². The summed E-state index contributed by atoms with van der Waals surface area (Å²) in [5, 5.41) is 3.35. The molecule has 1 saturated heterocycles. The molecule has 1 aliphatic heterocycles. The van der Waals surface area contributed by atoms with Crippen LogP contribution in [0.4, 0.5) is 14.5 Å². The van der Waals surface area contributed by atoms with Crippen molar-refractivity contribution in [2.24, 2.45) is 5.84 Å². The number of anilines is 1. The van der Waals surface area contributed by atoms with Crippen LogP contribution in [0.3, 0.4) is 0 Å². The van der Waals surface area contributed by atoms with Gasteiger partial charge in [0.15, 0.2) is 0 Å². The SMILES string of the molecule is C=C(/C=C(/c1ccc(F)c(Cl)c1)N(N)c1ccc(F)c(Cl)c1)C(=O)N1CNC(=O)C1. The number of nitrogens with one attached hydrogen (secondary N) is 1. The number of hydrogen-bond donors (Lipinski definition) is 2. The third-order valence-electron chi connectivity index (χ3n) is 4.33. The summed E-state index contributed by atoms with van der Waals surface area (Å²) in [6.45, 7) is 3.72. The number of nitrogens with two attached hydrogens (primary N) is 1. The third kappa shape index (κ3) is 4.62. The van der Waals surface area contributed by atoms with Crippen LogP contribution in [0.5, 0.6) is 0 Å². The van der Waals surface area contributed by atoms with Crippen molar-refractivity contribution in [3.63, 3.8) is 0 Å². The molecule has 0 saturated carbocycles. The molecule has 1 aliphatic rings. The van der Waals surface area contributed by atoms with Crippen molar-refractivity contribution >= 4 is 46.4 Å². The van der Waals surface area contributed by atoms with Crippen LogP contribution in [0.25, 0.3) is 5.70 Å². The number of carbonyl (C=O) groups excluding carboxylic acids is 2. The minimum atomic E-state index is -0.635. The van der Waals surface area contributed by atoms with Gasteiger partial charge in [0.05, 0.1) is 28.1 Å². The van der Waals surface area contributed by atoms with Gasteiger partial charge in [0.1, 0.15) is 18.2 Å². The van der Waals surface area contributed by atoms with Crippen molar-refractivity contribution in [3.05, 3.63) is 81.9 Å². The maximum Gasteiger partial charge on any atom is 0.255 e. The molecule has 1 fully saturated rings. The van der Waals surface area contributed by atoms with Crippen LogP contribution in [-0.2, 0) is 9.59 Å². The molecular formula is C20H16Cl2F2N4O2. The van der Waals surface area contributed by atoms with Crippen LogP contribution in [-0.4, -0.2) is 29.9 Å². The Bertz CT molecular complexity index is 1070. The summed E-state index contributed by atoms with van der Waals surface area (Å²) in [6.07, 6.45) is 1.37. The minimum Gasteiger partial charge on any atom is -0.337 e. The number of halogens is 4. The van der Waals surface area contributed by atoms with E-state index in [0.29, 0.717) is 11.3 Å². The van der Waals surface area contributed by atoms with Gasteiger partial charge in [0.25, 0.3) is 5.91 Å². The molecule has 2 aromatic carbocycles. The van der Waals surface area contributed by atoms with Crippen molar-refractivity contribution in [2.75, 3.05) is 18.2 Å². The maximum absolute atomic E-state index is 13.6. The molecule has 2 amide bonds. The van der Waals surface area contributed by atoms with Gasteiger partial charge in [-0.3, -0.25) is 14.6 Å². The molecule has 3 N–H and O–H groups in total. The Kier molecular flexibility index (Phi) is 6.40. The number of carbonyl (C=O) groups is 2. The summed E-state index contributed by atoms with van der Waals surface area (Å²) < 4.78 is 27.2. The maximum atomic E-state index is 13.6. The summed E-state index contributed by atoms with van der Waals surface area (Å²) in [6, 6.07) is 7.69. The molecule has 3 rings (SSSR count). The summed E-state index contributed by atoms with van der Waals surface area (Å²) in [7, 11) is 0. The zero-order valence-electron chi connectivity index (χ0n) is 15.5. The fraction of sp³-hybridized carbons (Fsp3) is 0.100. The average molecular weight is 453 g/mol. The second kappa shape index (κ2) is 8.83. The largest absolute Gasteiger partial charge is 0.337 e. The van der Waals surface area contributed by atoms with Gasteiger partial charge in [-0.05, 0) is 42.5 Å². The van der Waals surface area contributed by atoms with Crippen molar-refractivity contribution < 1.29 is 18.4 Å². The first-order valence-corrected chi connectivity index (χ1v) is 9.35. The van der Waals surface area contributed by atoms with Crippen LogP contribution < -0.4 is 16.2 Å². The molecule has 30 heavy (non-hydrogen) atoms. The van der Waals surface area contributed by atoms with Crippen molar-refractivity contribution in [1.29, 1.82) is 0 Å². The lowest BCUT2D eigenvalue weighted by molar-refractivity contribution is -0.127. The lowest BCUT2D eigenvalue weighted by atomic mass is 10.1. The molecular weight excluding hydrogens is 437 g/mol. The first-order chi connectivity index (χ1) is 14.2. The second-order valence-electron chi connectivity index (χ2n) is 6.41. The first-order valence-electron chi connectivity index (χ1n) is 8.59. The second-order valence-corrected chi connectivity index (χ2v) is 7.23. The normalized spacial score (nSPS) is 14.0. The average Bonchev–Trinajstić information content (AvgIpc) is 3.15. The van der Waals surface area contributed by atoms with E-state index in [2.05, 4.69) is 11.9 Å². The van der Waals surface area contributed by atoms with E-state index in [1.54, 1.807) is 0 Å². The minimum absolute atomic E-state index is 0.0191. The van der Waals surface area contributed by atoms with E-state index in [0.717, 1.165) is 17.1 Å². The predicted molar refractivity (Wildman–Crippen MR) is 111 cm³/mol. The fourth-order valence-corrected chi connectivity index (χ4v) is 3.12. The van der Waals surface area contributed by atoms with Gasteiger partial charge in [0.2, 0.25) is 5.91 Å². The topological polar surface area (TPSA) is 78.7 Å². The highest BCUT2D eigenvalue weighted by Crippen LogP contribution is 2.30. The van der Waals surface area contributed by atoms with Gasteiger partial charge in [-0.2, -0.15) is 0 Å². The lowest BCUT2D eigenvalue weighted by Crippen LogP contribution is -2.32. The molecule has 0 aromatic heterocycles. The number of amides is 2. The van der Waals surface area contributed by atoms with Gasteiger partial charge in [-0.1, -0.05) is 29.8 Å². The number of hydrazine groups is 1. The molecule has 2 aromatic rings. The number of benzene rings is 2. The molecule has 0 spiro atoms. The van der Waals surface area contributed by atoms with Gasteiger partial charge >= 0.3 is 0 Å². The molecule has 6 nitrogen and oxygen atoms in total. The molecule has 10 heteroatoms. The van der Waals surface area contributed by atoms with Gasteiger partial charge in [0, 0.05) is 11.1 Å². The summed E-state index contributed by atoms with van der Waals surface area (Å²) in [4.78, 5) is 25.3. The Labute approximate surface area is 181 Å². The van der Waals surface area contributed by atoms with E-state index in [-0.39, 0.29) is 40.4 Å². The lowest BCUT2D eigenvalue weighted by Gasteiger charge is -2.24. The van der Waals surface area contributed by atoms with E-state index in [4.69, 9.17) is 29.0 Å². The molecule has 0 atom stereocenters. The van der Waals surface area contributed by atoms with Crippen LogP contribution in [0.15, 0.2) is 54.6 Å². The van der Waals surface area contributed by atoms with E-state index in [9.17, 15) is 18.4 Å². The van der Waals surface area contributed by atoms with E-state index in [1.807, 2.05) is 0 Å². The number of nitrogens with zero attached hydrogens (tertiary/aromatic N) is 2. The van der Waals surface area contributed by atoms with Crippen molar-refractivity contribution in [2.45, 2.75) is 0 Å². The number of rotatable bonds is 5. The summed E-state index contributed by atoms with van der Waals surface area (Å²) in [5.74, 6) is 4.17. The number of hydrogen-bond acceptors (Lipinski definition) is 4. The van der Waals surface area contributed by atoms with E-state index < -0.39 is 17.5 Å². The molecule has 0 radical (unpaired) electrons. The Morgan fingerprint density at radius 2 is 1.80 bits per heavy atom. The highest BCUT2D eigenvalue weighted by Gasteiger charge is 2.25. The Balaban J connectivity index is 2.02. The highest BCUT2D eigenvalue weighted by atomic mass is 35.5. The summed E-state index contributed by atoms with van der Waals surface area (Å²) >= 11 is 11.7. The standard InChI is InChI=1S/C20H16Cl2F2N4O2/c1-11(20(30)27-9-19(29)26-10-27)6-18(12-2-4-16(23)14(21)7-12)28(25)13-3-5-17(24)15(22)8-13/h2-8H,1,9-10,25H2,(H,26,29)/b18-6-. The smallest absolute Gasteiger partial charge is 0.255 e. The van der Waals surface area contributed by atoms with E-state index in [1.165, 1.54) is 35.2 Å². The van der Waals surface area contributed by atoms with Gasteiger partial charge < -0.3 is 10.2 Å². The van der Waals surface area contributed by atoms with Crippen molar-refractivity contribution in [1.82, 2.24) is 10.2 Å². The Morgan fingerprint density at radius 1 is 1.17 bits per heavy atom. The molecule has 0 bridgehead atoms. The van der Waals surface area contributed by atoms with Gasteiger partial charge in [-0.25, -0.2) is 14.6 Å². The Hall–Kier alpha value is -2.94. The predicted octanol–water partition coefficient (Wildman–Crippen LogP) is 3.46. The monoisotopic (exact) mass is 452 g/mol. The van der Waals surface area contributed by atoms with Crippen LogP contribution in [0.1, 0.15) is 5.56 Å². The zero-order chi connectivity index (χ0) is 22.0. The third-order valence-corrected chi connectivity index (χ3v) is 4.91. The Morgan fingerprint density at radius 3 is 2.37 bits per heavy atom. The first kappa shape index (κ1) is 21.8. The van der Waals surface area contributed by atoms with E-state index >= 15 is 0 Å². The quantitative estimate of drug-likeness (QED) is 0.315. The molecule has 1 heterocycles. The van der Waals surface area contributed by atoms with Crippen LogP contribution in [0.2, 0.25) is 10.0 Å². The zero-order valence-corrected chi connectivity index (χ0v) is 17.0.